The van der Waals surface area contributed by atoms with Crippen LogP contribution < -0.4 is 10.2 Å². The molecular weight excluding hydrogens is 339 g/mol. The fourth-order valence-corrected chi connectivity index (χ4v) is 2.88. The first-order chi connectivity index (χ1) is 11.9. The van der Waals surface area contributed by atoms with Crippen LogP contribution in [0.2, 0.25) is 0 Å². The lowest BCUT2D eigenvalue weighted by molar-refractivity contribution is -0.138. The molecule has 2 fully saturated rings. The lowest BCUT2D eigenvalue weighted by atomic mass is 10.1. The van der Waals surface area contributed by atoms with E-state index in [0.717, 1.165) is 18.9 Å². The van der Waals surface area contributed by atoms with E-state index in [9.17, 15) is 18.0 Å². The van der Waals surface area contributed by atoms with Crippen LogP contribution in [0.15, 0.2) is 12.4 Å². The van der Waals surface area contributed by atoms with Crippen LogP contribution in [0.3, 0.4) is 0 Å². The number of carbonyl (C=O) groups is 1. The Labute approximate surface area is 143 Å². The number of nitrogens with one attached hydrogen (secondary N) is 1. The van der Waals surface area contributed by atoms with Crippen molar-refractivity contribution in [1.29, 1.82) is 0 Å². The molecule has 0 radical (unpaired) electrons. The molecule has 1 atom stereocenters. The molecule has 0 aliphatic carbocycles. The number of ether oxygens (including phenoxy) is 1. The zero-order chi connectivity index (χ0) is 17.9. The van der Waals surface area contributed by atoms with E-state index < -0.39 is 11.7 Å². The van der Waals surface area contributed by atoms with E-state index in [0.29, 0.717) is 45.8 Å². The second-order valence-electron chi connectivity index (χ2n) is 6.07. The van der Waals surface area contributed by atoms with Crippen molar-refractivity contribution < 1.29 is 22.7 Å². The molecule has 1 aromatic rings. The van der Waals surface area contributed by atoms with Gasteiger partial charge in [0.2, 0.25) is 11.9 Å². The number of anilines is 1. The van der Waals surface area contributed by atoms with Gasteiger partial charge in [0.1, 0.15) is 0 Å². The Morgan fingerprint density at radius 1 is 1.24 bits per heavy atom. The van der Waals surface area contributed by atoms with E-state index in [4.69, 9.17) is 4.74 Å². The van der Waals surface area contributed by atoms with Crippen molar-refractivity contribution in [3.8, 4) is 0 Å². The minimum atomic E-state index is -4.44. The topological polar surface area (TPSA) is 70.6 Å². The van der Waals surface area contributed by atoms with Crippen molar-refractivity contribution in [3.63, 3.8) is 0 Å². The number of hydrogen-bond acceptors (Lipinski definition) is 6. The first kappa shape index (κ1) is 17.9. The monoisotopic (exact) mass is 359 g/mol. The number of rotatable bonds is 3. The van der Waals surface area contributed by atoms with Crippen LogP contribution in [0.4, 0.5) is 19.1 Å². The molecule has 25 heavy (non-hydrogen) atoms. The molecule has 138 valence electrons. The summed E-state index contributed by atoms with van der Waals surface area (Å²) in [5, 5.41) is 3.25. The third-order valence-electron chi connectivity index (χ3n) is 4.30. The van der Waals surface area contributed by atoms with Gasteiger partial charge in [-0.3, -0.25) is 4.79 Å². The highest BCUT2D eigenvalue weighted by Gasteiger charge is 2.32. The maximum absolute atomic E-state index is 12.5. The number of alkyl halides is 3. The fraction of sp³-hybridized carbons (Fsp3) is 0.667. The summed E-state index contributed by atoms with van der Waals surface area (Å²) in [5.74, 6) is 0.304. The standard InChI is InChI=1S/C15H20F3N5O2/c16-15(17,18)11-8-20-14(21-9-11)23-4-2-22(3-5-23)13(24)7-12-10-25-6-1-19-12/h8-9,12,19H,1-7,10H2. The molecule has 0 saturated carbocycles. The van der Waals surface area contributed by atoms with Gasteiger partial charge in [-0.05, 0) is 0 Å². The number of morpholine rings is 1. The molecule has 1 unspecified atom stereocenters. The Balaban J connectivity index is 1.50. The highest BCUT2D eigenvalue weighted by molar-refractivity contribution is 5.77. The van der Waals surface area contributed by atoms with Gasteiger partial charge >= 0.3 is 6.18 Å². The van der Waals surface area contributed by atoms with E-state index in [1.807, 2.05) is 0 Å². The number of hydrogen-bond donors (Lipinski definition) is 1. The molecule has 0 aromatic carbocycles. The van der Waals surface area contributed by atoms with E-state index >= 15 is 0 Å². The summed E-state index contributed by atoms with van der Waals surface area (Å²) in [5.41, 5.74) is -0.868. The summed E-state index contributed by atoms with van der Waals surface area (Å²) < 4.78 is 43.0. The van der Waals surface area contributed by atoms with Crippen LogP contribution in [0.25, 0.3) is 0 Å². The van der Waals surface area contributed by atoms with Crippen LogP contribution in [0.5, 0.6) is 0 Å². The van der Waals surface area contributed by atoms with E-state index in [1.165, 1.54) is 0 Å². The normalized spacial score (nSPS) is 22.1. The number of nitrogens with zero attached hydrogens (tertiary/aromatic N) is 4. The summed E-state index contributed by atoms with van der Waals surface area (Å²) in [6, 6.07) is 0.0394. The van der Waals surface area contributed by atoms with Crippen molar-refractivity contribution in [3.05, 3.63) is 18.0 Å². The zero-order valence-corrected chi connectivity index (χ0v) is 13.6. The molecule has 2 aliphatic rings. The molecule has 1 amide bonds. The van der Waals surface area contributed by atoms with Gasteiger partial charge in [0.25, 0.3) is 0 Å². The Bertz CT molecular complexity index is 582. The van der Waals surface area contributed by atoms with Crippen LogP contribution in [-0.2, 0) is 15.7 Å². The molecule has 7 nitrogen and oxygen atoms in total. The van der Waals surface area contributed by atoms with Crippen LogP contribution in [-0.4, -0.2) is 72.8 Å². The minimum Gasteiger partial charge on any atom is -0.378 e. The zero-order valence-electron chi connectivity index (χ0n) is 13.6. The summed E-state index contributed by atoms with van der Waals surface area (Å²) in [4.78, 5) is 23.5. The number of carbonyl (C=O) groups excluding carboxylic acids is 1. The van der Waals surface area contributed by atoms with Crippen LogP contribution in [0.1, 0.15) is 12.0 Å². The summed E-state index contributed by atoms with van der Waals surface area (Å²) in [7, 11) is 0. The van der Waals surface area contributed by atoms with Crippen molar-refractivity contribution in [1.82, 2.24) is 20.2 Å². The van der Waals surface area contributed by atoms with Gasteiger partial charge < -0.3 is 19.9 Å². The second-order valence-corrected chi connectivity index (χ2v) is 6.07. The van der Waals surface area contributed by atoms with Gasteiger partial charge in [-0.2, -0.15) is 13.2 Å². The Morgan fingerprint density at radius 3 is 2.48 bits per heavy atom. The molecule has 3 rings (SSSR count). The molecule has 3 heterocycles. The fourth-order valence-electron chi connectivity index (χ4n) is 2.88. The average molecular weight is 359 g/mol. The smallest absolute Gasteiger partial charge is 0.378 e. The van der Waals surface area contributed by atoms with Crippen LogP contribution >= 0.6 is 0 Å². The average Bonchev–Trinajstić information content (AvgIpc) is 2.62. The molecular formula is C15H20F3N5O2. The Kier molecular flexibility index (Phi) is 5.38. The number of halogens is 3. The highest BCUT2D eigenvalue weighted by Crippen LogP contribution is 2.28. The lowest BCUT2D eigenvalue weighted by Gasteiger charge is -2.35. The second kappa shape index (κ2) is 7.52. The molecule has 10 heteroatoms. The molecule has 0 spiro atoms. The number of amides is 1. The van der Waals surface area contributed by atoms with Gasteiger partial charge in [-0.15, -0.1) is 0 Å². The molecule has 1 N–H and O–H groups in total. The summed E-state index contributed by atoms with van der Waals surface area (Å²) in [6.45, 7) is 3.92. The predicted octanol–water partition coefficient (Wildman–Crippen LogP) is 0.523. The maximum atomic E-state index is 12.5. The Morgan fingerprint density at radius 2 is 1.92 bits per heavy atom. The van der Waals surface area contributed by atoms with Gasteiger partial charge in [0.15, 0.2) is 0 Å². The quantitative estimate of drug-likeness (QED) is 0.849. The highest BCUT2D eigenvalue weighted by atomic mass is 19.4. The van der Waals surface area contributed by atoms with Gasteiger partial charge in [-0.25, -0.2) is 9.97 Å². The minimum absolute atomic E-state index is 0.0394. The van der Waals surface area contributed by atoms with Gasteiger partial charge in [0.05, 0.1) is 18.8 Å². The molecule has 2 aliphatic heterocycles. The Hall–Kier alpha value is -1.94. The molecule has 0 bridgehead atoms. The van der Waals surface area contributed by atoms with Crippen molar-refractivity contribution >= 4 is 11.9 Å². The van der Waals surface area contributed by atoms with Crippen molar-refractivity contribution in [2.45, 2.75) is 18.6 Å². The van der Waals surface area contributed by atoms with Crippen LogP contribution in [0, 0.1) is 0 Å². The number of aromatic nitrogens is 2. The van der Waals surface area contributed by atoms with E-state index in [-0.39, 0.29) is 17.9 Å². The largest absolute Gasteiger partial charge is 0.419 e. The van der Waals surface area contributed by atoms with Gasteiger partial charge in [0, 0.05) is 57.6 Å². The summed E-state index contributed by atoms with van der Waals surface area (Å²) >= 11 is 0. The lowest BCUT2D eigenvalue weighted by Crippen LogP contribution is -2.51. The summed E-state index contributed by atoms with van der Waals surface area (Å²) in [6.07, 6.45) is -2.49. The van der Waals surface area contributed by atoms with Crippen molar-refractivity contribution in [2.75, 3.05) is 50.8 Å². The third kappa shape index (κ3) is 4.57. The third-order valence-corrected chi connectivity index (χ3v) is 4.30. The maximum Gasteiger partial charge on any atom is 0.419 e. The molecule has 2 saturated heterocycles. The van der Waals surface area contributed by atoms with Crippen molar-refractivity contribution in [2.24, 2.45) is 0 Å². The first-order valence-electron chi connectivity index (χ1n) is 8.16. The van der Waals surface area contributed by atoms with E-state index in [1.54, 1.807) is 9.80 Å². The predicted molar refractivity (Wildman–Crippen MR) is 83.1 cm³/mol. The molecule has 1 aromatic heterocycles. The SMILES string of the molecule is O=C(CC1COCCN1)N1CCN(c2ncc(C(F)(F)F)cn2)CC1. The first-order valence-corrected chi connectivity index (χ1v) is 8.16. The van der Waals surface area contributed by atoms with E-state index in [2.05, 4.69) is 15.3 Å². The van der Waals surface area contributed by atoms with Gasteiger partial charge in [-0.1, -0.05) is 0 Å². The number of piperazine rings is 1.